The van der Waals surface area contributed by atoms with E-state index in [1.165, 1.54) is 11.8 Å². The number of benzene rings is 1. The Hall–Kier alpha value is -2.28. The van der Waals surface area contributed by atoms with Crippen LogP contribution in [0.5, 0.6) is 0 Å². The van der Waals surface area contributed by atoms with Gasteiger partial charge >= 0.3 is 0 Å². The van der Waals surface area contributed by atoms with Crippen molar-refractivity contribution in [2.24, 2.45) is 0 Å². The van der Waals surface area contributed by atoms with Crippen molar-refractivity contribution >= 4 is 11.8 Å². The molecule has 3 aromatic rings. The van der Waals surface area contributed by atoms with Crippen LogP contribution in [0.1, 0.15) is 32.2 Å². The maximum atomic E-state index is 4.61. The molecule has 2 aromatic heterocycles. The third-order valence-electron chi connectivity index (χ3n) is 3.17. The molecule has 0 aliphatic heterocycles. The third kappa shape index (κ3) is 3.92. The zero-order valence-electron chi connectivity index (χ0n) is 13.3. The molecule has 0 bridgehead atoms. The molecule has 1 aromatic carbocycles. The van der Waals surface area contributed by atoms with E-state index in [2.05, 4.69) is 58.4 Å². The summed E-state index contributed by atoms with van der Waals surface area (Å²) in [6.45, 7) is 6.91. The average molecular weight is 326 g/mol. The summed E-state index contributed by atoms with van der Waals surface area (Å²) in [6.07, 6.45) is 1.78. The van der Waals surface area contributed by atoms with E-state index in [9.17, 15) is 0 Å². The molecule has 2 heterocycles. The summed E-state index contributed by atoms with van der Waals surface area (Å²) in [7, 11) is 0. The number of rotatable bonds is 4. The molecule has 0 aliphatic rings. The Kier molecular flexibility index (Phi) is 4.38. The van der Waals surface area contributed by atoms with Crippen LogP contribution in [0, 0.1) is 0 Å². The molecule has 0 saturated carbocycles. The molecule has 3 rings (SSSR count). The molecule has 0 saturated heterocycles. The van der Waals surface area contributed by atoms with Crippen LogP contribution in [0.4, 0.5) is 0 Å². The lowest BCUT2D eigenvalue weighted by molar-refractivity contribution is 0.538. The largest absolute Gasteiger partial charge is 0.241 e. The van der Waals surface area contributed by atoms with Gasteiger partial charge in [-0.05, 0) is 33.8 Å². The highest BCUT2D eigenvalue weighted by molar-refractivity contribution is 7.99. The summed E-state index contributed by atoms with van der Waals surface area (Å²) >= 11 is 1.45. The average Bonchev–Trinajstić information content (AvgIpc) is 2.95. The molecule has 0 spiro atoms. The lowest BCUT2D eigenvalue weighted by atomic mass is 9.96. The molecule has 23 heavy (non-hydrogen) atoms. The second-order valence-electron chi connectivity index (χ2n) is 6.18. The van der Waals surface area contributed by atoms with Crippen molar-refractivity contribution in [1.82, 2.24) is 30.2 Å². The molecule has 118 valence electrons. The van der Waals surface area contributed by atoms with Gasteiger partial charge in [-0.25, -0.2) is 14.6 Å². The van der Waals surface area contributed by atoms with Gasteiger partial charge in [0, 0.05) is 11.6 Å². The van der Waals surface area contributed by atoms with Crippen molar-refractivity contribution < 1.29 is 0 Å². The SMILES string of the molecule is CC(C)(C)c1nccc(Sc2nnnn2Cc2ccccc2)n1. The minimum atomic E-state index is -0.0907. The van der Waals surface area contributed by atoms with Crippen molar-refractivity contribution in [3.63, 3.8) is 0 Å². The van der Waals surface area contributed by atoms with E-state index < -0.39 is 0 Å². The van der Waals surface area contributed by atoms with Crippen LogP contribution in [-0.4, -0.2) is 30.2 Å². The second-order valence-corrected chi connectivity index (χ2v) is 7.16. The van der Waals surface area contributed by atoms with Crippen LogP contribution in [0.25, 0.3) is 0 Å². The summed E-state index contributed by atoms with van der Waals surface area (Å²) in [5.41, 5.74) is 1.06. The van der Waals surface area contributed by atoms with E-state index in [0.29, 0.717) is 11.7 Å². The normalized spacial score (nSPS) is 11.6. The lowest BCUT2D eigenvalue weighted by Crippen LogP contribution is -2.16. The maximum absolute atomic E-state index is 4.61. The molecule has 7 heteroatoms. The molecule has 0 fully saturated rings. The zero-order chi connectivity index (χ0) is 16.3. The lowest BCUT2D eigenvalue weighted by Gasteiger charge is -2.16. The number of hydrogen-bond acceptors (Lipinski definition) is 6. The fraction of sp³-hybridized carbons (Fsp3) is 0.312. The van der Waals surface area contributed by atoms with Gasteiger partial charge in [0.1, 0.15) is 10.9 Å². The highest BCUT2D eigenvalue weighted by Gasteiger charge is 2.18. The van der Waals surface area contributed by atoms with Gasteiger partial charge in [0.2, 0.25) is 5.16 Å². The zero-order valence-corrected chi connectivity index (χ0v) is 14.2. The van der Waals surface area contributed by atoms with Gasteiger partial charge in [-0.3, -0.25) is 0 Å². The highest BCUT2D eigenvalue weighted by Crippen LogP contribution is 2.26. The van der Waals surface area contributed by atoms with Crippen LogP contribution in [0.3, 0.4) is 0 Å². The fourth-order valence-corrected chi connectivity index (χ4v) is 2.71. The van der Waals surface area contributed by atoms with E-state index in [1.54, 1.807) is 10.9 Å². The van der Waals surface area contributed by atoms with Crippen molar-refractivity contribution in [3.8, 4) is 0 Å². The first-order valence-electron chi connectivity index (χ1n) is 7.34. The second kappa shape index (κ2) is 6.45. The molecular weight excluding hydrogens is 308 g/mol. The van der Waals surface area contributed by atoms with Crippen LogP contribution in [-0.2, 0) is 12.0 Å². The van der Waals surface area contributed by atoms with Crippen molar-refractivity contribution in [3.05, 3.63) is 54.0 Å². The van der Waals surface area contributed by atoms with Crippen molar-refractivity contribution in [2.75, 3.05) is 0 Å². The van der Waals surface area contributed by atoms with Crippen LogP contribution >= 0.6 is 11.8 Å². The van der Waals surface area contributed by atoms with Crippen LogP contribution in [0.15, 0.2) is 52.8 Å². The summed E-state index contributed by atoms with van der Waals surface area (Å²) in [5, 5.41) is 13.5. The summed E-state index contributed by atoms with van der Waals surface area (Å²) in [5.74, 6) is 0.810. The predicted molar refractivity (Wildman–Crippen MR) is 88.2 cm³/mol. The number of aromatic nitrogens is 6. The quantitative estimate of drug-likeness (QED) is 0.687. The van der Waals surface area contributed by atoms with Gasteiger partial charge in [0.15, 0.2) is 0 Å². The van der Waals surface area contributed by atoms with E-state index in [0.717, 1.165) is 16.4 Å². The molecular formula is C16H18N6S. The van der Waals surface area contributed by atoms with Gasteiger partial charge in [0.25, 0.3) is 0 Å². The van der Waals surface area contributed by atoms with E-state index in [-0.39, 0.29) is 5.41 Å². The minimum absolute atomic E-state index is 0.0907. The number of tetrazole rings is 1. The Bertz CT molecular complexity index is 779. The summed E-state index contributed by atoms with van der Waals surface area (Å²) in [4.78, 5) is 8.96. The van der Waals surface area contributed by atoms with Gasteiger partial charge < -0.3 is 0 Å². The van der Waals surface area contributed by atoms with Gasteiger partial charge in [-0.1, -0.05) is 51.1 Å². The van der Waals surface area contributed by atoms with Crippen LogP contribution in [0.2, 0.25) is 0 Å². The van der Waals surface area contributed by atoms with Crippen molar-refractivity contribution in [1.29, 1.82) is 0 Å². The van der Waals surface area contributed by atoms with E-state index in [1.807, 2.05) is 24.3 Å². The van der Waals surface area contributed by atoms with Crippen LogP contribution < -0.4 is 0 Å². The molecule has 6 nitrogen and oxygen atoms in total. The van der Waals surface area contributed by atoms with E-state index in [4.69, 9.17) is 0 Å². The Balaban J connectivity index is 1.81. The standard InChI is InChI=1S/C16H18N6S/c1-16(2,3)14-17-10-9-13(18-14)23-15-19-20-21-22(15)11-12-7-5-4-6-8-12/h4-10H,11H2,1-3H3. The number of nitrogens with zero attached hydrogens (tertiary/aromatic N) is 6. The van der Waals surface area contributed by atoms with E-state index >= 15 is 0 Å². The monoisotopic (exact) mass is 326 g/mol. The Morgan fingerprint density at radius 3 is 2.61 bits per heavy atom. The summed E-state index contributed by atoms with van der Waals surface area (Å²) < 4.78 is 1.78. The van der Waals surface area contributed by atoms with Gasteiger partial charge in [-0.2, -0.15) is 0 Å². The molecule has 0 aliphatic carbocycles. The Morgan fingerprint density at radius 1 is 1.09 bits per heavy atom. The highest BCUT2D eigenvalue weighted by atomic mass is 32.2. The first kappa shape index (κ1) is 15.6. The Morgan fingerprint density at radius 2 is 1.87 bits per heavy atom. The molecule has 0 radical (unpaired) electrons. The maximum Gasteiger partial charge on any atom is 0.215 e. The first-order chi connectivity index (χ1) is 11.0. The van der Waals surface area contributed by atoms with Gasteiger partial charge in [0.05, 0.1) is 6.54 Å². The molecule has 0 unspecified atom stereocenters. The summed E-state index contributed by atoms with van der Waals surface area (Å²) in [6, 6.07) is 12.0. The fourth-order valence-electron chi connectivity index (χ4n) is 1.98. The third-order valence-corrected chi connectivity index (χ3v) is 4.08. The topological polar surface area (TPSA) is 69.4 Å². The smallest absolute Gasteiger partial charge is 0.215 e. The number of hydrogen-bond donors (Lipinski definition) is 0. The molecule has 0 amide bonds. The van der Waals surface area contributed by atoms with Gasteiger partial charge in [-0.15, -0.1) is 5.10 Å². The molecule has 0 atom stereocenters. The minimum Gasteiger partial charge on any atom is -0.241 e. The predicted octanol–water partition coefficient (Wildman–Crippen LogP) is 2.96. The molecule has 0 N–H and O–H groups in total. The first-order valence-corrected chi connectivity index (χ1v) is 8.15. The Labute approximate surface area is 139 Å². The van der Waals surface area contributed by atoms with Crippen molar-refractivity contribution in [2.45, 2.75) is 42.9 Å².